The van der Waals surface area contributed by atoms with Crippen molar-refractivity contribution in [1.29, 1.82) is 0 Å². The lowest BCUT2D eigenvalue weighted by Gasteiger charge is -2.10. The SMILES string of the molecule is C=C1C=C(C[C@H]2NC(=O)N(C)C2=O)c2cccc(Cl)c21. The maximum Gasteiger partial charge on any atom is 0.324 e. The van der Waals surface area contributed by atoms with E-state index in [1.165, 1.54) is 7.05 Å². The third-order valence-corrected chi connectivity index (χ3v) is 4.00. The average molecular weight is 289 g/mol. The van der Waals surface area contributed by atoms with Crippen molar-refractivity contribution >= 4 is 34.7 Å². The normalized spacial score (nSPS) is 21.1. The van der Waals surface area contributed by atoms with Crippen LogP contribution in [0.25, 0.3) is 11.1 Å². The van der Waals surface area contributed by atoms with Gasteiger partial charge in [0.25, 0.3) is 5.91 Å². The first-order valence-corrected chi connectivity index (χ1v) is 6.63. The number of nitrogens with one attached hydrogen (secondary N) is 1. The summed E-state index contributed by atoms with van der Waals surface area (Å²) >= 11 is 6.18. The zero-order valence-corrected chi connectivity index (χ0v) is 11.7. The van der Waals surface area contributed by atoms with Crippen LogP contribution in [0.5, 0.6) is 0 Å². The molecule has 2 aliphatic rings. The van der Waals surface area contributed by atoms with Gasteiger partial charge < -0.3 is 5.32 Å². The molecule has 1 saturated heterocycles. The Morgan fingerprint density at radius 1 is 1.40 bits per heavy atom. The van der Waals surface area contributed by atoms with Crippen LogP contribution in [-0.2, 0) is 4.79 Å². The lowest BCUT2D eigenvalue weighted by molar-refractivity contribution is -0.126. The molecule has 1 heterocycles. The summed E-state index contributed by atoms with van der Waals surface area (Å²) in [6.45, 7) is 3.99. The number of hydrogen-bond acceptors (Lipinski definition) is 2. The minimum atomic E-state index is -0.517. The smallest absolute Gasteiger partial charge is 0.324 e. The van der Waals surface area contributed by atoms with E-state index in [4.69, 9.17) is 11.6 Å². The van der Waals surface area contributed by atoms with Gasteiger partial charge in [-0.25, -0.2) is 4.79 Å². The standard InChI is InChI=1S/C15H13ClN2O2/c1-8-6-9(10-4-3-5-11(16)13(8)10)7-12-14(19)18(2)15(20)17-12/h3-6,12H,1,7H2,2H3,(H,17,20)/t12-/m1/s1. The fourth-order valence-electron chi connectivity index (χ4n) is 2.65. The third kappa shape index (κ3) is 1.84. The Bertz CT molecular complexity index is 678. The van der Waals surface area contributed by atoms with Gasteiger partial charge in [-0.05, 0) is 22.8 Å². The van der Waals surface area contributed by atoms with Gasteiger partial charge in [0.2, 0.25) is 0 Å². The minimum Gasteiger partial charge on any atom is -0.325 e. The molecule has 0 spiro atoms. The van der Waals surface area contributed by atoms with Gasteiger partial charge in [-0.3, -0.25) is 9.69 Å². The number of imide groups is 1. The summed E-state index contributed by atoms with van der Waals surface area (Å²) < 4.78 is 0. The number of amides is 3. The number of allylic oxidation sites excluding steroid dienone is 2. The van der Waals surface area contributed by atoms with Crippen LogP contribution in [0.1, 0.15) is 17.5 Å². The van der Waals surface area contributed by atoms with Crippen LogP contribution in [0.15, 0.2) is 30.9 Å². The highest BCUT2D eigenvalue weighted by Gasteiger charge is 2.36. The molecule has 1 aliphatic heterocycles. The van der Waals surface area contributed by atoms with E-state index in [2.05, 4.69) is 11.9 Å². The number of carbonyl (C=O) groups is 2. The summed E-state index contributed by atoms with van der Waals surface area (Å²) in [6, 6.07) is 4.77. The van der Waals surface area contributed by atoms with Crippen molar-refractivity contribution < 1.29 is 9.59 Å². The highest BCUT2D eigenvalue weighted by Crippen LogP contribution is 2.40. The van der Waals surface area contributed by atoms with Crippen LogP contribution in [0.2, 0.25) is 5.02 Å². The molecule has 0 radical (unpaired) electrons. The van der Waals surface area contributed by atoms with Crippen molar-refractivity contribution in [2.75, 3.05) is 7.05 Å². The van der Waals surface area contributed by atoms with Crippen molar-refractivity contribution in [3.63, 3.8) is 0 Å². The van der Waals surface area contributed by atoms with Crippen molar-refractivity contribution in [3.05, 3.63) is 47.0 Å². The van der Waals surface area contributed by atoms with E-state index in [0.29, 0.717) is 11.4 Å². The first kappa shape index (κ1) is 12.9. The second-order valence-electron chi connectivity index (χ2n) is 4.96. The molecule has 0 aromatic heterocycles. The zero-order valence-electron chi connectivity index (χ0n) is 10.9. The van der Waals surface area contributed by atoms with Crippen LogP contribution in [-0.4, -0.2) is 29.9 Å². The van der Waals surface area contributed by atoms with Crippen molar-refractivity contribution in [3.8, 4) is 0 Å². The molecule has 1 fully saturated rings. The van der Waals surface area contributed by atoms with Crippen molar-refractivity contribution in [2.24, 2.45) is 0 Å². The summed E-state index contributed by atoms with van der Waals surface area (Å²) in [5, 5.41) is 3.33. The van der Waals surface area contributed by atoms with Gasteiger partial charge in [0.1, 0.15) is 6.04 Å². The average Bonchev–Trinajstić information content (AvgIpc) is 2.85. The molecule has 1 aliphatic carbocycles. The van der Waals surface area contributed by atoms with Gasteiger partial charge in [0.15, 0.2) is 0 Å². The molecule has 1 aromatic rings. The molecular formula is C15H13ClN2O2. The number of rotatable bonds is 2. The topological polar surface area (TPSA) is 49.4 Å². The van der Waals surface area contributed by atoms with E-state index in [-0.39, 0.29) is 11.9 Å². The Kier molecular flexibility index (Phi) is 2.91. The zero-order chi connectivity index (χ0) is 14.4. The van der Waals surface area contributed by atoms with Crippen LogP contribution in [0.4, 0.5) is 4.79 Å². The number of benzene rings is 1. The molecule has 20 heavy (non-hydrogen) atoms. The van der Waals surface area contributed by atoms with E-state index < -0.39 is 6.04 Å². The maximum absolute atomic E-state index is 11.9. The molecule has 1 aromatic carbocycles. The van der Waals surface area contributed by atoms with Crippen LogP contribution < -0.4 is 5.32 Å². The van der Waals surface area contributed by atoms with Gasteiger partial charge in [0.05, 0.1) is 0 Å². The summed E-state index contributed by atoms with van der Waals surface area (Å²) in [6.07, 6.45) is 2.37. The molecule has 0 unspecified atom stereocenters. The lowest BCUT2D eigenvalue weighted by atomic mass is 9.99. The summed E-state index contributed by atoms with van der Waals surface area (Å²) in [5.41, 5.74) is 3.71. The number of hydrogen-bond donors (Lipinski definition) is 1. The van der Waals surface area contributed by atoms with Crippen LogP contribution >= 0.6 is 11.6 Å². The van der Waals surface area contributed by atoms with E-state index in [1.54, 1.807) is 0 Å². The largest absolute Gasteiger partial charge is 0.325 e. The Labute approximate surface area is 121 Å². The molecule has 0 saturated carbocycles. The van der Waals surface area contributed by atoms with Gasteiger partial charge >= 0.3 is 6.03 Å². The second-order valence-corrected chi connectivity index (χ2v) is 5.37. The number of likely N-dealkylation sites (N-methyl/N-ethyl adjacent to an activating group) is 1. The van der Waals surface area contributed by atoms with E-state index in [1.807, 2.05) is 24.3 Å². The Hall–Kier alpha value is -2.07. The number of halogens is 1. The molecule has 102 valence electrons. The molecule has 3 amide bonds. The molecule has 0 bridgehead atoms. The van der Waals surface area contributed by atoms with Gasteiger partial charge in [-0.2, -0.15) is 0 Å². The monoisotopic (exact) mass is 288 g/mol. The summed E-state index contributed by atoms with van der Waals surface area (Å²) in [4.78, 5) is 24.5. The van der Waals surface area contributed by atoms with Gasteiger partial charge in [-0.1, -0.05) is 36.4 Å². The maximum atomic E-state index is 11.9. The summed E-state index contributed by atoms with van der Waals surface area (Å²) in [7, 11) is 1.48. The first-order chi connectivity index (χ1) is 9.49. The molecular weight excluding hydrogens is 276 g/mol. The molecule has 1 N–H and O–H groups in total. The van der Waals surface area contributed by atoms with Crippen molar-refractivity contribution in [1.82, 2.24) is 10.2 Å². The Balaban J connectivity index is 1.90. The molecule has 4 nitrogen and oxygen atoms in total. The number of fused-ring (bicyclic) bond motifs is 1. The summed E-state index contributed by atoms with van der Waals surface area (Å²) in [5.74, 6) is -0.211. The third-order valence-electron chi connectivity index (χ3n) is 3.68. The van der Waals surface area contributed by atoms with E-state index in [9.17, 15) is 9.59 Å². The first-order valence-electron chi connectivity index (χ1n) is 6.26. The van der Waals surface area contributed by atoms with E-state index in [0.717, 1.165) is 27.2 Å². The minimum absolute atomic E-state index is 0.211. The fraction of sp³-hybridized carbons (Fsp3) is 0.200. The second kappa shape index (κ2) is 4.49. The highest BCUT2D eigenvalue weighted by molar-refractivity contribution is 6.33. The number of nitrogens with zero attached hydrogens (tertiary/aromatic N) is 1. The van der Waals surface area contributed by atoms with Gasteiger partial charge in [-0.15, -0.1) is 0 Å². The molecule has 3 rings (SSSR count). The predicted octanol–water partition coefficient (Wildman–Crippen LogP) is 2.69. The fourth-order valence-corrected chi connectivity index (χ4v) is 2.94. The Morgan fingerprint density at radius 2 is 2.15 bits per heavy atom. The van der Waals surface area contributed by atoms with Crippen molar-refractivity contribution in [2.45, 2.75) is 12.5 Å². The number of carbonyl (C=O) groups excluding carboxylic acids is 2. The molecule has 1 atom stereocenters. The number of urea groups is 1. The molecule has 5 heteroatoms. The van der Waals surface area contributed by atoms with Crippen LogP contribution in [0.3, 0.4) is 0 Å². The van der Waals surface area contributed by atoms with E-state index >= 15 is 0 Å². The quantitative estimate of drug-likeness (QED) is 0.851. The highest BCUT2D eigenvalue weighted by atomic mass is 35.5. The van der Waals surface area contributed by atoms with Gasteiger partial charge in [0, 0.05) is 24.1 Å². The Morgan fingerprint density at radius 3 is 2.80 bits per heavy atom. The van der Waals surface area contributed by atoms with Crippen LogP contribution in [0, 0.1) is 0 Å². The lowest BCUT2D eigenvalue weighted by Crippen LogP contribution is -2.29. The predicted molar refractivity (Wildman–Crippen MR) is 78.2 cm³/mol.